The summed E-state index contributed by atoms with van der Waals surface area (Å²) < 4.78 is 11.1. The van der Waals surface area contributed by atoms with Gasteiger partial charge in [0.2, 0.25) is 11.7 Å². The third-order valence-corrected chi connectivity index (χ3v) is 5.81. The normalized spacial score (nSPS) is 14.2. The standard InChI is InChI=1S/C24H22N6O4/c1-16-27-23(34-28-16)19-11-13-29(14-12-19)22-21(30(31)32)24(26-15-25-22)33-20-9-7-18(8-10-20)17-5-3-2-4-6-17/h2-10,15,19H,11-14H2,1H3. The smallest absolute Gasteiger partial charge is 0.373 e. The largest absolute Gasteiger partial charge is 0.434 e. The summed E-state index contributed by atoms with van der Waals surface area (Å²) in [6.45, 7) is 2.91. The summed E-state index contributed by atoms with van der Waals surface area (Å²) in [5.74, 6) is 1.95. The highest BCUT2D eigenvalue weighted by Gasteiger charge is 2.32. The summed E-state index contributed by atoms with van der Waals surface area (Å²) in [7, 11) is 0. The van der Waals surface area contributed by atoms with Gasteiger partial charge in [-0.05, 0) is 43.0 Å². The first-order valence-electron chi connectivity index (χ1n) is 11.0. The summed E-state index contributed by atoms with van der Waals surface area (Å²) in [6, 6.07) is 17.3. The Kier molecular flexibility index (Phi) is 5.86. The van der Waals surface area contributed by atoms with Gasteiger partial charge in [-0.3, -0.25) is 10.1 Å². The molecule has 34 heavy (non-hydrogen) atoms. The van der Waals surface area contributed by atoms with Gasteiger partial charge in [0.15, 0.2) is 5.82 Å². The van der Waals surface area contributed by atoms with Crippen LogP contribution < -0.4 is 9.64 Å². The zero-order chi connectivity index (χ0) is 23.5. The van der Waals surface area contributed by atoms with E-state index in [9.17, 15) is 10.1 Å². The minimum atomic E-state index is -0.490. The van der Waals surface area contributed by atoms with E-state index in [-0.39, 0.29) is 23.3 Å². The molecule has 0 N–H and O–H groups in total. The molecule has 2 aromatic heterocycles. The monoisotopic (exact) mass is 458 g/mol. The van der Waals surface area contributed by atoms with E-state index in [1.807, 2.05) is 47.4 Å². The number of rotatable bonds is 6. The van der Waals surface area contributed by atoms with Crippen molar-refractivity contribution >= 4 is 11.5 Å². The van der Waals surface area contributed by atoms with Crippen LogP contribution in [0.15, 0.2) is 65.4 Å². The van der Waals surface area contributed by atoms with Crippen LogP contribution in [0.4, 0.5) is 11.5 Å². The van der Waals surface area contributed by atoms with Crippen LogP contribution in [0.1, 0.15) is 30.5 Å². The number of anilines is 1. The first-order chi connectivity index (χ1) is 16.6. The van der Waals surface area contributed by atoms with E-state index in [2.05, 4.69) is 20.1 Å². The van der Waals surface area contributed by atoms with Crippen molar-refractivity contribution < 1.29 is 14.2 Å². The molecule has 1 fully saturated rings. The molecule has 5 rings (SSSR count). The van der Waals surface area contributed by atoms with Gasteiger partial charge < -0.3 is 14.2 Å². The van der Waals surface area contributed by atoms with Crippen LogP contribution in [-0.2, 0) is 0 Å². The van der Waals surface area contributed by atoms with Crippen LogP contribution in [0, 0.1) is 17.0 Å². The lowest BCUT2D eigenvalue weighted by Gasteiger charge is -2.30. The second-order valence-electron chi connectivity index (χ2n) is 8.04. The molecule has 172 valence electrons. The van der Waals surface area contributed by atoms with E-state index < -0.39 is 4.92 Å². The molecule has 10 heteroatoms. The molecular formula is C24H22N6O4. The number of aryl methyl sites for hydroxylation is 1. The average molecular weight is 458 g/mol. The van der Waals surface area contributed by atoms with Gasteiger partial charge in [0.1, 0.15) is 12.1 Å². The highest BCUT2D eigenvalue weighted by atomic mass is 16.6. The summed E-state index contributed by atoms with van der Waals surface area (Å²) >= 11 is 0. The van der Waals surface area contributed by atoms with Crippen molar-refractivity contribution in [1.29, 1.82) is 0 Å². The Morgan fingerprint density at radius 3 is 2.38 bits per heavy atom. The fourth-order valence-corrected chi connectivity index (χ4v) is 4.09. The first-order valence-corrected chi connectivity index (χ1v) is 11.0. The van der Waals surface area contributed by atoms with Crippen LogP contribution in [-0.4, -0.2) is 38.1 Å². The van der Waals surface area contributed by atoms with Crippen molar-refractivity contribution in [2.24, 2.45) is 0 Å². The fraction of sp³-hybridized carbons (Fsp3) is 0.250. The van der Waals surface area contributed by atoms with Gasteiger partial charge in [-0.2, -0.15) is 9.97 Å². The molecule has 0 unspecified atom stereocenters. The molecule has 10 nitrogen and oxygen atoms in total. The number of piperidine rings is 1. The molecule has 0 radical (unpaired) electrons. The molecule has 0 saturated carbocycles. The number of hydrogen-bond donors (Lipinski definition) is 0. The van der Waals surface area contributed by atoms with Gasteiger partial charge >= 0.3 is 11.6 Å². The number of nitro groups is 1. The molecule has 0 bridgehead atoms. The van der Waals surface area contributed by atoms with Gasteiger partial charge in [-0.15, -0.1) is 0 Å². The zero-order valence-electron chi connectivity index (χ0n) is 18.5. The molecule has 0 spiro atoms. The predicted molar refractivity (Wildman–Crippen MR) is 124 cm³/mol. The maximum atomic E-state index is 12.0. The minimum Gasteiger partial charge on any atom is -0.434 e. The molecule has 2 aromatic carbocycles. The Labute approximate surface area is 195 Å². The van der Waals surface area contributed by atoms with E-state index in [1.54, 1.807) is 19.1 Å². The van der Waals surface area contributed by atoms with E-state index in [0.717, 1.165) is 24.0 Å². The van der Waals surface area contributed by atoms with Crippen molar-refractivity contribution in [1.82, 2.24) is 20.1 Å². The van der Waals surface area contributed by atoms with Gasteiger partial charge in [0.25, 0.3) is 0 Å². The predicted octanol–water partition coefficient (Wildman–Crippen LogP) is 4.92. The molecule has 0 atom stereocenters. The quantitative estimate of drug-likeness (QED) is 0.293. The lowest BCUT2D eigenvalue weighted by atomic mass is 9.97. The lowest BCUT2D eigenvalue weighted by Crippen LogP contribution is -2.34. The second kappa shape index (κ2) is 9.26. The summed E-state index contributed by atoms with van der Waals surface area (Å²) in [5.41, 5.74) is 1.84. The lowest BCUT2D eigenvalue weighted by molar-refractivity contribution is -0.385. The first kappa shape index (κ1) is 21.5. The van der Waals surface area contributed by atoms with E-state index in [0.29, 0.717) is 30.6 Å². The number of benzene rings is 2. The van der Waals surface area contributed by atoms with E-state index in [4.69, 9.17) is 9.26 Å². The molecule has 1 aliphatic heterocycles. The Bertz CT molecular complexity index is 1280. The molecule has 1 aliphatic rings. The SMILES string of the molecule is Cc1noc(C2CCN(c3ncnc(Oc4ccc(-c5ccccc5)cc4)c3[N+](=O)[O-])CC2)n1. The van der Waals surface area contributed by atoms with Crippen LogP contribution in [0.25, 0.3) is 11.1 Å². The van der Waals surface area contributed by atoms with Crippen molar-refractivity contribution in [3.05, 3.63) is 82.8 Å². The maximum absolute atomic E-state index is 12.0. The number of ether oxygens (including phenoxy) is 1. The topological polar surface area (TPSA) is 120 Å². The van der Waals surface area contributed by atoms with Crippen LogP contribution in [0.2, 0.25) is 0 Å². The molecule has 3 heterocycles. The second-order valence-corrected chi connectivity index (χ2v) is 8.04. The molecule has 0 amide bonds. The van der Waals surface area contributed by atoms with E-state index in [1.165, 1.54) is 6.33 Å². The zero-order valence-corrected chi connectivity index (χ0v) is 18.5. The Balaban J connectivity index is 1.35. The number of nitrogens with zero attached hydrogens (tertiary/aromatic N) is 6. The van der Waals surface area contributed by atoms with Gasteiger partial charge in [-0.25, -0.2) is 4.98 Å². The van der Waals surface area contributed by atoms with Gasteiger partial charge in [0.05, 0.1) is 4.92 Å². The van der Waals surface area contributed by atoms with Crippen molar-refractivity contribution in [3.8, 4) is 22.8 Å². The summed E-state index contributed by atoms with van der Waals surface area (Å²) in [6.07, 6.45) is 2.74. The fourth-order valence-electron chi connectivity index (χ4n) is 4.09. The third-order valence-electron chi connectivity index (χ3n) is 5.81. The molecule has 0 aliphatic carbocycles. The molecule has 4 aromatic rings. The van der Waals surface area contributed by atoms with E-state index >= 15 is 0 Å². The molecule has 1 saturated heterocycles. The van der Waals surface area contributed by atoms with Crippen molar-refractivity contribution in [3.63, 3.8) is 0 Å². The summed E-state index contributed by atoms with van der Waals surface area (Å²) in [5, 5.41) is 15.8. The Hall–Kier alpha value is -4.34. The van der Waals surface area contributed by atoms with Crippen molar-refractivity contribution in [2.75, 3.05) is 18.0 Å². The van der Waals surface area contributed by atoms with Gasteiger partial charge in [-0.1, -0.05) is 47.6 Å². The van der Waals surface area contributed by atoms with Gasteiger partial charge in [0, 0.05) is 19.0 Å². The number of aromatic nitrogens is 4. The highest BCUT2D eigenvalue weighted by Crippen LogP contribution is 2.38. The van der Waals surface area contributed by atoms with Crippen LogP contribution >= 0.6 is 0 Å². The van der Waals surface area contributed by atoms with Crippen molar-refractivity contribution in [2.45, 2.75) is 25.7 Å². The average Bonchev–Trinajstić information content (AvgIpc) is 3.31. The van der Waals surface area contributed by atoms with Crippen LogP contribution in [0.5, 0.6) is 11.6 Å². The third kappa shape index (κ3) is 4.42. The summed E-state index contributed by atoms with van der Waals surface area (Å²) in [4.78, 5) is 26.0. The highest BCUT2D eigenvalue weighted by molar-refractivity contribution is 5.65. The minimum absolute atomic E-state index is 0.0860. The Morgan fingerprint density at radius 1 is 1.03 bits per heavy atom. The number of hydrogen-bond acceptors (Lipinski definition) is 9. The molecular weight excluding hydrogens is 436 g/mol. The Morgan fingerprint density at radius 2 is 1.74 bits per heavy atom. The van der Waals surface area contributed by atoms with Crippen LogP contribution in [0.3, 0.4) is 0 Å². The maximum Gasteiger partial charge on any atom is 0.373 e.